The number of hydrogen-bond acceptors (Lipinski definition) is 4. The number of ether oxygens (including phenoxy) is 2. The van der Waals surface area contributed by atoms with E-state index in [0.717, 1.165) is 36.7 Å². The Morgan fingerprint density at radius 1 is 1.10 bits per heavy atom. The molecule has 1 aliphatic heterocycles. The van der Waals surface area contributed by atoms with Gasteiger partial charge in [0.15, 0.2) is 0 Å². The second-order valence-electron chi connectivity index (χ2n) is 5.61. The lowest BCUT2D eigenvalue weighted by molar-refractivity contribution is 0.138. The molecule has 1 heterocycles. The lowest BCUT2D eigenvalue weighted by atomic mass is 10.0. The van der Waals surface area contributed by atoms with Crippen LogP contribution in [0.5, 0.6) is 11.5 Å². The van der Waals surface area contributed by atoms with Gasteiger partial charge in [-0.3, -0.25) is 4.90 Å². The van der Waals surface area contributed by atoms with Crippen molar-refractivity contribution in [2.45, 2.75) is 25.4 Å². The van der Waals surface area contributed by atoms with E-state index in [1.54, 1.807) is 14.2 Å². The van der Waals surface area contributed by atoms with Gasteiger partial charge in [-0.1, -0.05) is 6.07 Å². The number of piperidine rings is 1. The maximum atomic E-state index is 5.47. The fourth-order valence-electron chi connectivity index (χ4n) is 2.90. The molecule has 1 saturated heterocycles. The van der Waals surface area contributed by atoms with Gasteiger partial charge in [-0.15, -0.1) is 0 Å². The van der Waals surface area contributed by atoms with Crippen LogP contribution in [0.2, 0.25) is 0 Å². The highest BCUT2D eigenvalue weighted by Crippen LogP contribution is 2.30. The highest BCUT2D eigenvalue weighted by Gasteiger charge is 2.22. The van der Waals surface area contributed by atoms with E-state index in [1.807, 2.05) is 18.2 Å². The summed E-state index contributed by atoms with van der Waals surface area (Å²) in [6.45, 7) is 3.15. The molecule has 0 atom stereocenters. The van der Waals surface area contributed by atoms with E-state index in [9.17, 15) is 0 Å². The Labute approximate surface area is 122 Å². The molecule has 0 amide bonds. The summed E-state index contributed by atoms with van der Waals surface area (Å²) in [7, 11) is 7.78. The second-order valence-corrected chi connectivity index (χ2v) is 5.61. The fourth-order valence-corrected chi connectivity index (χ4v) is 2.90. The standard InChI is InChI=1S/C16H26N2O2/c1-17(2)13-8-10-18(11-9-13)12-14-15(19-3)6-5-7-16(14)20-4/h5-7,13H,8-12H2,1-4H3. The van der Waals surface area contributed by atoms with E-state index in [2.05, 4.69) is 23.9 Å². The summed E-state index contributed by atoms with van der Waals surface area (Å²) in [5.41, 5.74) is 1.15. The largest absolute Gasteiger partial charge is 0.496 e. The number of hydrogen-bond donors (Lipinski definition) is 0. The SMILES string of the molecule is COc1cccc(OC)c1CN1CCC(N(C)C)CC1. The van der Waals surface area contributed by atoms with E-state index in [-0.39, 0.29) is 0 Å². The van der Waals surface area contributed by atoms with E-state index in [1.165, 1.54) is 12.8 Å². The summed E-state index contributed by atoms with van der Waals surface area (Å²) in [5.74, 6) is 1.83. The lowest BCUT2D eigenvalue weighted by Gasteiger charge is -2.35. The molecule has 1 fully saturated rings. The van der Waals surface area contributed by atoms with Gasteiger partial charge in [-0.05, 0) is 52.2 Å². The summed E-state index contributed by atoms with van der Waals surface area (Å²) in [4.78, 5) is 4.82. The molecule has 1 aromatic rings. The van der Waals surface area contributed by atoms with Crippen LogP contribution in [0.15, 0.2) is 18.2 Å². The molecule has 0 radical (unpaired) electrons. The van der Waals surface area contributed by atoms with Gasteiger partial charge in [0.25, 0.3) is 0 Å². The molecule has 1 aliphatic rings. The van der Waals surface area contributed by atoms with Crippen LogP contribution in [-0.4, -0.2) is 57.2 Å². The molecule has 1 aromatic carbocycles. The average molecular weight is 278 g/mol. The molecular formula is C16H26N2O2. The molecule has 0 unspecified atom stereocenters. The second kappa shape index (κ2) is 6.95. The molecule has 0 N–H and O–H groups in total. The first-order valence-electron chi connectivity index (χ1n) is 7.24. The van der Waals surface area contributed by atoms with E-state index in [4.69, 9.17) is 9.47 Å². The Balaban J connectivity index is 2.04. The predicted octanol–water partition coefficient (Wildman–Crippen LogP) is 2.23. The normalized spacial score (nSPS) is 17.4. The third kappa shape index (κ3) is 3.44. The highest BCUT2D eigenvalue weighted by atomic mass is 16.5. The van der Waals surface area contributed by atoms with Crippen LogP contribution in [0.25, 0.3) is 0 Å². The van der Waals surface area contributed by atoms with Crippen LogP contribution < -0.4 is 9.47 Å². The van der Waals surface area contributed by atoms with Gasteiger partial charge >= 0.3 is 0 Å². The number of rotatable bonds is 5. The Bertz CT molecular complexity index is 404. The van der Waals surface area contributed by atoms with E-state index >= 15 is 0 Å². The van der Waals surface area contributed by atoms with Gasteiger partial charge < -0.3 is 14.4 Å². The average Bonchev–Trinajstić information content (AvgIpc) is 2.48. The lowest BCUT2D eigenvalue weighted by Crippen LogP contribution is -2.41. The molecule has 2 rings (SSSR count). The van der Waals surface area contributed by atoms with Crippen LogP contribution >= 0.6 is 0 Å². The van der Waals surface area contributed by atoms with Crippen molar-refractivity contribution >= 4 is 0 Å². The number of nitrogens with zero attached hydrogens (tertiary/aromatic N) is 2. The smallest absolute Gasteiger partial charge is 0.127 e. The predicted molar refractivity (Wildman–Crippen MR) is 81.5 cm³/mol. The minimum absolute atomic E-state index is 0.714. The summed E-state index contributed by atoms with van der Waals surface area (Å²) < 4.78 is 10.9. The van der Waals surface area contributed by atoms with Crippen molar-refractivity contribution in [3.05, 3.63) is 23.8 Å². The first kappa shape index (κ1) is 15.1. The van der Waals surface area contributed by atoms with Crippen LogP contribution in [-0.2, 0) is 6.54 Å². The minimum Gasteiger partial charge on any atom is -0.496 e. The highest BCUT2D eigenvalue weighted by molar-refractivity contribution is 5.44. The van der Waals surface area contributed by atoms with Crippen LogP contribution in [0.1, 0.15) is 18.4 Å². The molecule has 0 bridgehead atoms. The summed E-state index contributed by atoms with van der Waals surface area (Å²) in [5, 5.41) is 0. The summed E-state index contributed by atoms with van der Waals surface area (Å²) in [6.07, 6.45) is 2.45. The van der Waals surface area contributed by atoms with Crippen LogP contribution in [0, 0.1) is 0 Å². The molecule has 4 nitrogen and oxygen atoms in total. The molecule has 0 aliphatic carbocycles. The molecule has 112 valence electrons. The minimum atomic E-state index is 0.714. The zero-order valence-corrected chi connectivity index (χ0v) is 13.1. The Kier molecular flexibility index (Phi) is 5.26. The quantitative estimate of drug-likeness (QED) is 0.824. The summed E-state index contributed by atoms with van der Waals surface area (Å²) >= 11 is 0. The number of benzene rings is 1. The van der Waals surface area contributed by atoms with Gasteiger partial charge in [0, 0.05) is 12.6 Å². The monoisotopic (exact) mass is 278 g/mol. The zero-order chi connectivity index (χ0) is 14.5. The molecule has 0 spiro atoms. The van der Waals surface area contributed by atoms with Crippen LogP contribution in [0.4, 0.5) is 0 Å². The van der Waals surface area contributed by atoms with Gasteiger partial charge in [-0.2, -0.15) is 0 Å². The van der Waals surface area contributed by atoms with Crippen molar-refractivity contribution in [3.8, 4) is 11.5 Å². The molecular weight excluding hydrogens is 252 g/mol. The maximum Gasteiger partial charge on any atom is 0.127 e. The fraction of sp³-hybridized carbons (Fsp3) is 0.625. The van der Waals surface area contributed by atoms with Crippen molar-refractivity contribution < 1.29 is 9.47 Å². The Hall–Kier alpha value is -1.26. The topological polar surface area (TPSA) is 24.9 Å². The maximum absolute atomic E-state index is 5.47. The van der Waals surface area contributed by atoms with Crippen molar-refractivity contribution in [1.29, 1.82) is 0 Å². The van der Waals surface area contributed by atoms with Crippen molar-refractivity contribution in [2.75, 3.05) is 41.4 Å². The first-order valence-corrected chi connectivity index (χ1v) is 7.24. The van der Waals surface area contributed by atoms with Gasteiger partial charge in [-0.25, -0.2) is 0 Å². The van der Waals surface area contributed by atoms with E-state index in [0.29, 0.717) is 6.04 Å². The van der Waals surface area contributed by atoms with Crippen molar-refractivity contribution in [3.63, 3.8) is 0 Å². The van der Waals surface area contributed by atoms with Gasteiger partial charge in [0.2, 0.25) is 0 Å². The zero-order valence-electron chi connectivity index (χ0n) is 13.1. The van der Waals surface area contributed by atoms with Gasteiger partial charge in [0.1, 0.15) is 11.5 Å². The van der Waals surface area contributed by atoms with Crippen molar-refractivity contribution in [2.24, 2.45) is 0 Å². The Morgan fingerprint density at radius 3 is 2.10 bits per heavy atom. The number of likely N-dealkylation sites (tertiary alicyclic amines) is 1. The third-order valence-electron chi connectivity index (χ3n) is 4.20. The summed E-state index contributed by atoms with van der Waals surface area (Å²) in [6, 6.07) is 6.69. The molecule has 0 aromatic heterocycles. The third-order valence-corrected chi connectivity index (χ3v) is 4.20. The van der Waals surface area contributed by atoms with Crippen molar-refractivity contribution in [1.82, 2.24) is 9.80 Å². The van der Waals surface area contributed by atoms with Gasteiger partial charge in [0.05, 0.1) is 19.8 Å². The molecule has 4 heteroatoms. The first-order chi connectivity index (χ1) is 9.65. The molecule has 0 saturated carbocycles. The van der Waals surface area contributed by atoms with Crippen LogP contribution in [0.3, 0.4) is 0 Å². The van der Waals surface area contributed by atoms with E-state index < -0.39 is 0 Å². The molecule has 20 heavy (non-hydrogen) atoms. The number of methoxy groups -OCH3 is 2. The Morgan fingerprint density at radius 2 is 1.65 bits per heavy atom.